The quantitative estimate of drug-likeness (QED) is 0.603. The molecule has 2 aromatic carbocycles. The van der Waals surface area contributed by atoms with E-state index < -0.39 is 0 Å². The first kappa shape index (κ1) is 12.6. The summed E-state index contributed by atoms with van der Waals surface area (Å²) in [7, 11) is 0. The van der Waals surface area contributed by atoms with Crippen LogP contribution in [0, 0.1) is 6.92 Å². The average Bonchev–Trinajstić information content (AvgIpc) is 2.72. The van der Waals surface area contributed by atoms with E-state index in [1.54, 1.807) is 0 Å². The Balaban J connectivity index is 2.03. The molecule has 3 rings (SSSR count). The number of halogens is 2. The standard InChI is InChI=1S/C16H13Cl2N/c1-11-9-19(16-5-3-2-4-13(11)16)10-12-6-7-14(17)15(18)8-12/h2-9H,10H2,1H3. The van der Waals surface area contributed by atoms with Gasteiger partial charge in [-0.15, -0.1) is 0 Å². The van der Waals surface area contributed by atoms with Crippen LogP contribution in [0.1, 0.15) is 11.1 Å². The number of aryl methyl sites for hydroxylation is 1. The average molecular weight is 290 g/mol. The van der Waals surface area contributed by atoms with E-state index in [2.05, 4.69) is 42.0 Å². The molecule has 0 N–H and O–H groups in total. The smallest absolute Gasteiger partial charge is 0.0595 e. The van der Waals surface area contributed by atoms with Gasteiger partial charge < -0.3 is 4.57 Å². The highest BCUT2D eigenvalue weighted by atomic mass is 35.5. The fourth-order valence-electron chi connectivity index (χ4n) is 2.40. The lowest BCUT2D eigenvalue weighted by molar-refractivity contribution is 0.834. The van der Waals surface area contributed by atoms with Crippen molar-refractivity contribution in [2.75, 3.05) is 0 Å². The van der Waals surface area contributed by atoms with E-state index >= 15 is 0 Å². The summed E-state index contributed by atoms with van der Waals surface area (Å²) in [6.07, 6.45) is 2.17. The Bertz CT molecular complexity index is 744. The SMILES string of the molecule is Cc1cn(Cc2ccc(Cl)c(Cl)c2)c2ccccc12. The third-order valence-electron chi connectivity index (χ3n) is 3.32. The van der Waals surface area contributed by atoms with Gasteiger partial charge in [-0.05, 0) is 36.2 Å². The minimum atomic E-state index is 0.596. The van der Waals surface area contributed by atoms with Gasteiger partial charge in [0.2, 0.25) is 0 Å². The molecule has 0 atom stereocenters. The van der Waals surface area contributed by atoms with Crippen molar-refractivity contribution in [3.05, 3.63) is 69.8 Å². The van der Waals surface area contributed by atoms with E-state index in [-0.39, 0.29) is 0 Å². The van der Waals surface area contributed by atoms with Gasteiger partial charge >= 0.3 is 0 Å². The second kappa shape index (κ2) is 4.92. The van der Waals surface area contributed by atoms with Crippen molar-refractivity contribution in [2.24, 2.45) is 0 Å². The number of hydrogen-bond acceptors (Lipinski definition) is 0. The molecule has 0 radical (unpaired) electrons. The Labute approximate surface area is 122 Å². The Hall–Kier alpha value is -1.44. The van der Waals surface area contributed by atoms with Crippen molar-refractivity contribution >= 4 is 34.1 Å². The molecule has 96 valence electrons. The Morgan fingerprint density at radius 3 is 2.58 bits per heavy atom. The number of aromatic nitrogens is 1. The Morgan fingerprint density at radius 1 is 1.00 bits per heavy atom. The van der Waals surface area contributed by atoms with E-state index in [1.165, 1.54) is 16.5 Å². The number of fused-ring (bicyclic) bond motifs is 1. The van der Waals surface area contributed by atoms with Gasteiger partial charge in [0, 0.05) is 23.6 Å². The van der Waals surface area contributed by atoms with Crippen LogP contribution in [0.4, 0.5) is 0 Å². The summed E-state index contributed by atoms with van der Waals surface area (Å²) in [6, 6.07) is 14.2. The van der Waals surface area contributed by atoms with Crippen molar-refractivity contribution in [3.8, 4) is 0 Å². The van der Waals surface area contributed by atoms with Crippen LogP contribution in [0.2, 0.25) is 10.0 Å². The van der Waals surface area contributed by atoms with Crippen LogP contribution in [0.25, 0.3) is 10.9 Å². The van der Waals surface area contributed by atoms with Gasteiger partial charge in [0.1, 0.15) is 0 Å². The molecule has 19 heavy (non-hydrogen) atoms. The maximum absolute atomic E-state index is 6.06. The summed E-state index contributed by atoms with van der Waals surface area (Å²) in [5.41, 5.74) is 3.68. The first-order valence-electron chi connectivity index (χ1n) is 6.13. The van der Waals surface area contributed by atoms with Crippen LogP contribution in [0.15, 0.2) is 48.7 Å². The van der Waals surface area contributed by atoms with Crippen LogP contribution in [0.5, 0.6) is 0 Å². The summed E-state index contributed by atoms with van der Waals surface area (Å²) in [5, 5.41) is 2.49. The molecule has 0 aliphatic rings. The predicted molar refractivity (Wildman–Crippen MR) is 82.2 cm³/mol. The molecular formula is C16H13Cl2N. The molecule has 0 saturated carbocycles. The fraction of sp³-hybridized carbons (Fsp3) is 0.125. The monoisotopic (exact) mass is 289 g/mol. The zero-order chi connectivity index (χ0) is 13.4. The first-order chi connectivity index (χ1) is 9.15. The largest absolute Gasteiger partial charge is 0.343 e. The molecule has 0 amide bonds. The van der Waals surface area contributed by atoms with Crippen LogP contribution in [-0.2, 0) is 6.54 Å². The normalized spacial score (nSPS) is 11.1. The maximum atomic E-state index is 6.06. The Kier molecular flexibility index (Phi) is 3.26. The number of rotatable bonds is 2. The number of nitrogens with zero attached hydrogens (tertiary/aromatic N) is 1. The number of hydrogen-bond donors (Lipinski definition) is 0. The molecule has 0 aliphatic heterocycles. The summed E-state index contributed by atoms with van der Waals surface area (Å²) in [6.45, 7) is 2.93. The topological polar surface area (TPSA) is 4.93 Å². The lowest BCUT2D eigenvalue weighted by Gasteiger charge is -2.06. The van der Waals surface area contributed by atoms with Crippen molar-refractivity contribution in [1.29, 1.82) is 0 Å². The summed E-state index contributed by atoms with van der Waals surface area (Å²) in [4.78, 5) is 0. The third kappa shape index (κ3) is 2.36. The highest BCUT2D eigenvalue weighted by Gasteiger charge is 2.06. The molecule has 0 spiro atoms. The van der Waals surface area contributed by atoms with Crippen LogP contribution >= 0.6 is 23.2 Å². The highest BCUT2D eigenvalue weighted by molar-refractivity contribution is 6.42. The number of para-hydroxylation sites is 1. The first-order valence-corrected chi connectivity index (χ1v) is 6.89. The van der Waals surface area contributed by atoms with Gasteiger partial charge in [-0.25, -0.2) is 0 Å². The molecule has 1 heterocycles. The molecule has 1 nitrogen and oxygen atoms in total. The molecule has 0 fully saturated rings. The van der Waals surface area contributed by atoms with E-state index in [4.69, 9.17) is 23.2 Å². The fourth-order valence-corrected chi connectivity index (χ4v) is 2.72. The van der Waals surface area contributed by atoms with Crippen LogP contribution < -0.4 is 0 Å². The lowest BCUT2D eigenvalue weighted by Crippen LogP contribution is -1.97. The molecule has 1 aromatic heterocycles. The molecule has 0 saturated heterocycles. The molecule has 0 bridgehead atoms. The van der Waals surface area contributed by atoms with Gasteiger partial charge in [0.15, 0.2) is 0 Å². The van der Waals surface area contributed by atoms with Crippen molar-refractivity contribution in [1.82, 2.24) is 4.57 Å². The molecule has 3 aromatic rings. The van der Waals surface area contributed by atoms with E-state index in [0.717, 1.165) is 12.1 Å². The predicted octanol–water partition coefficient (Wildman–Crippen LogP) is 5.30. The van der Waals surface area contributed by atoms with E-state index in [0.29, 0.717) is 10.0 Å². The van der Waals surface area contributed by atoms with Gasteiger partial charge in [-0.3, -0.25) is 0 Å². The summed E-state index contributed by atoms with van der Waals surface area (Å²) >= 11 is 12.0. The highest BCUT2D eigenvalue weighted by Crippen LogP contribution is 2.25. The van der Waals surface area contributed by atoms with Crippen molar-refractivity contribution in [3.63, 3.8) is 0 Å². The molecule has 0 unspecified atom stereocenters. The van der Waals surface area contributed by atoms with Gasteiger partial charge in [0.25, 0.3) is 0 Å². The van der Waals surface area contributed by atoms with Crippen molar-refractivity contribution < 1.29 is 0 Å². The zero-order valence-corrected chi connectivity index (χ0v) is 12.0. The minimum absolute atomic E-state index is 0.596. The van der Waals surface area contributed by atoms with Crippen LogP contribution in [-0.4, -0.2) is 4.57 Å². The molecular weight excluding hydrogens is 277 g/mol. The molecule has 3 heteroatoms. The minimum Gasteiger partial charge on any atom is -0.343 e. The second-order valence-corrected chi connectivity index (χ2v) is 5.52. The third-order valence-corrected chi connectivity index (χ3v) is 4.06. The second-order valence-electron chi connectivity index (χ2n) is 4.71. The van der Waals surface area contributed by atoms with Gasteiger partial charge in [-0.2, -0.15) is 0 Å². The van der Waals surface area contributed by atoms with Gasteiger partial charge in [0.05, 0.1) is 10.0 Å². The van der Waals surface area contributed by atoms with E-state index in [9.17, 15) is 0 Å². The molecule has 0 aliphatic carbocycles. The van der Waals surface area contributed by atoms with Gasteiger partial charge in [-0.1, -0.05) is 47.5 Å². The number of benzene rings is 2. The summed E-state index contributed by atoms with van der Waals surface area (Å²) < 4.78 is 2.24. The Morgan fingerprint density at radius 2 is 1.79 bits per heavy atom. The lowest BCUT2D eigenvalue weighted by atomic mass is 10.2. The van der Waals surface area contributed by atoms with Crippen molar-refractivity contribution in [2.45, 2.75) is 13.5 Å². The maximum Gasteiger partial charge on any atom is 0.0595 e. The van der Waals surface area contributed by atoms with E-state index in [1.807, 2.05) is 18.2 Å². The summed E-state index contributed by atoms with van der Waals surface area (Å²) in [5.74, 6) is 0. The van der Waals surface area contributed by atoms with Crippen LogP contribution in [0.3, 0.4) is 0 Å². The zero-order valence-electron chi connectivity index (χ0n) is 10.5.